The molecule has 3 unspecified atom stereocenters. The van der Waals surface area contributed by atoms with Crippen LogP contribution in [0.15, 0.2) is 16.9 Å². The lowest BCUT2D eigenvalue weighted by Gasteiger charge is -2.32. The average Bonchev–Trinajstić information content (AvgIpc) is 2.63. The first-order valence-corrected chi connectivity index (χ1v) is 10.0. The number of nitrogens with one attached hydrogen (secondary N) is 2. The summed E-state index contributed by atoms with van der Waals surface area (Å²) in [6.07, 6.45) is 2.04. The maximum Gasteiger partial charge on any atom is 0.325 e. The molecule has 3 atom stereocenters. The Hall–Kier alpha value is -2.99. The van der Waals surface area contributed by atoms with E-state index in [9.17, 15) is 19.2 Å². The highest BCUT2D eigenvalue weighted by atomic mass is 16.6. The Bertz CT molecular complexity index is 810. The standard InChI is InChI=1S/C20H34N6O6/c1-18(2,3)31-15(28)11(21)7-20(17(23)30)10-25-13(9-26-20)14(27)24-8-12(22)16(29)32-19(4,5)6/h9-12,26H,7-8,21-22H2,1-6H3,(H2,23,30)(H,24,27). The first kappa shape index (κ1) is 27.0. The van der Waals surface area contributed by atoms with E-state index in [0.29, 0.717) is 0 Å². The molecule has 0 saturated carbocycles. The van der Waals surface area contributed by atoms with Crippen molar-refractivity contribution in [3.8, 4) is 0 Å². The SMILES string of the molecule is CC(C)(C)OC(=O)C(N)CNC(=O)C1=CNC(CC(N)C(=O)OC(C)(C)C)(C(N)=O)C=N1. The maximum atomic E-state index is 12.3. The molecule has 12 nitrogen and oxygen atoms in total. The third kappa shape index (κ3) is 8.27. The molecule has 1 rings (SSSR count). The summed E-state index contributed by atoms with van der Waals surface area (Å²) < 4.78 is 10.4. The molecule has 0 radical (unpaired) electrons. The molecule has 0 spiro atoms. The predicted octanol–water partition coefficient (Wildman–Crippen LogP) is -1.43. The zero-order valence-electron chi connectivity index (χ0n) is 19.4. The van der Waals surface area contributed by atoms with Crippen LogP contribution in [0.2, 0.25) is 0 Å². The molecule has 12 heteroatoms. The van der Waals surface area contributed by atoms with Crippen molar-refractivity contribution in [3.63, 3.8) is 0 Å². The van der Waals surface area contributed by atoms with Gasteiger partial charge in [0.25, 0.3) is 5.91 Å². The van der Waals surface area contributed by atoms with Crippen molar-refractivity contribution in [2.75, 3.05) is 6.54 Å². The van der Waals surface area contributed by atoms with Crippen molar-refractivity contribution in [2.45, 2.75) is 76.8 Å². The average molecular weight is 455 g/mol. The number of aliphatic imine (C=N–C) groups is 1. The molecule has 180 valence electrons. The summed E-state index contributed by atoms with van der Waals surface area (Å²) in [7, 11) is 0. The molecule has 0 aromatic carbocycles. The minimum absolute atomic E-state index is 0.0934. The van der Waals surface area contributed by atoms with Gasteiger partial charge in [0, 0.05) is 25.4 Å². The number of ether oxygens (including phenoxy) is 2. The van der Waals surface area contributed by atoms with E-state index >= 15 is 0 Å². The van der Waals surface area contributed by atoms with Crippen LogP contribution in [-0.2, 0) is 28.7 Å². The van der Waals surface area contributed by atoms with Gasteiger partial charge in [-0.2, -0.15) is 0 Å². The number of esters is 2. The highest BCUT2D eigenvalue weighted by Gasteiger charge is 2.41. The minimum atomic E-state index is -1.59. The van der Waals surface area contributed by atoms with Crippen LogP contribution in [0.3, 0.4) is 0 Å². The van der Waals surface area contributed by atoms with Gasteiger partial charge in [-0.1, -0.05) is 0 Å². The number of hydrogen-bond donors (Lipinski definition) is 5. The van der Waals surface area contributed by atoms with Crippen LogP contribution in [-0.4, -0.2) is 65.3 Å². The number of nitrogens with zero attached hydrogens (tertiary/aromatic N) is 1. The summed E-state index contributed by atoms with van der Waals surface area (Å²) in [5.41, 5.74) is 13.9. The Balaban J connectivity index is 2.75. The minimum Gasteiger partial charge on any atom is -0.459 e. The topological polar surface area (TPSA) is 201 Å². The zero-order chi connectivity index (χ0) is 24.9. The smallest absolute Gasteiger partial charge is 0.325 e. The number of rotatable bonds is 8. The number of hydrogen-bond acceptors (Lipinski definition) is 10. The fourth-order valence-corrected chi connectivity index (χ4v) is 2.48. The van der Waals surface area contributed by atoms with E-state index in [4.69, 9.17) is 26.7 Å². The largest absolute Gasteiger partial charge is 0.459 e. The van der Waals surface area contributed by atoms with E-state index in [1.807, 2.05) is 0 Å². The number of primary amides is 1. The molecule has 1 aliphatic rings. The van der Waals surface area contributed by atoms with Crippen molar-refractivity contribution in [1.82, 2.24) is 10.6 Å². The van der Waals surface area contributed by atoms with E-state index in [2.05, 4.69) is 15.6 Å². The Morgan fingerprint density at radius 3 is 1.94 bits per heavy atom. The van der Waals surface area contributed by atoms with Crippen LogP contribution >= 0.6 is 0 Å². The summed E-state index contributed by atoms with van der Waals surface area (Å²) in [6, 6.07) is -2.24. The van der Waals surface area contributed by atoms with E-state index in [1.165, 1.54) is 6.20 Å². The molecule has 0 bridgehead atoms. The predicted molar refractivity (Wildman–Crippen MR) is 117 cm³/mol. The fourth-order valence-electron chi connectivity index (χ4n) is 2.48. The molecule has 2 amide bonds. The second-order valence-electron chi connectivity index (χ2n) is 9.46. The van der Waals surface area contributed by atoms with E-state index in [1.54, 1.807) is 41.5 Å². The van der Waals surface area contributed by atoms with Crippen molar-refractivity contribution in [1.29, 1.82) is 0 Å². The van der Waals surface area contributed by atoms with Gasteiger partial charge in [0.1, 0.15) is 29.0 Å². The second kappa shape index (κ2) is 10.1. The van der Waals surface area contributed by atoms with E-state index in [-0.39, 0.29) is 18.7 Å². The Labute approximate surface area is 187 Å². The summed E-state index contributed by atoms with van der Waals surface area (Å²) >= 11 is 0. The normalized spacial score (nSPS) is 20.3. The lowest BCUT2D eigenvalue weighted by Crippen LogP contribution is -2.60. The first-order valence-electron chi connectivity index (χ1n) is 10.0. The number of carbonyl (C=O) groups is 4. The summed E-state index contributed by atoms with van der Waals surface area (Å²) in [4.78, 5) is 52.4. The quantitative estimate of drug-likeness (QED) is 0.272. The molecule has 1 aliphatic heterocycles. The maximum absolute atomic E-state index is 12.3. The number of carbonyl (C=O) groups excluding carboxylic acids is 4. The molecular weight excluding hydrogens is 420 g/mol. The van der Waals surface area contributed by atoms with Gasteiger partial charge in [0.15, 0.2) is 5.54 Å². The highest BCUT2D eigenvalue weighted by molar-refractivity contribution is 6.06. The summed E-state index contributed by atoms with van der Waals surface area (Å²) in [6.45, 7) is 9.96. The third-order valence-electron chi connectivity index (χ3n) is 4.01. The Morgan fingerprint density at radius 1 is 1.03 bits per heavy atom. The van der Waals surface area contributed by atoms with Gasteiger partial charge in [0.2, 0.25) is 5.91 Å². The van der Waals surface area contributed by atoms with Gasteiger partial charge >= 0.3 is 11.9 Å². The molecule has 32 heavy (non-hydrogen) atoms. The van der Waals surface area contributed by atoms with Crippen LogP contribution in [0.1, 0.15) is 48.0 Å². The van der Waals surface area contributed by atoms with Gasteiger partial charge in [-0.3, -0.25) is 24.2 Å². The van der Waals surface area contributed by atoms with Crippen molar-refractivity contribution in [2.24, 2.45) is 22.2 Å². The molecule has 1 heterocycles. The summed E-state index contributed by atoms with van der Waals surface area (Å²) in [5.74, 6) is -2.87. The first-order chi connectivity index (χ1) is 14.5. The fraction of sp³-hybridized carbons (Fsp3) is 0.650. The molecule has 8 N–H and O–H groups in total. The zero-order valence-corrected chi connectivity index (χ0v) is 19.4. The highest BCUT2D eigenvalue weighted by Crippen LogP contribution is 2.18. The summed E-state index contributed by atoms with van der Waals surface area (Å²) in [5, 5.41) is 5.15. The molecule has 0 aromatic heterocycles. The van der Waals surface area contributed by atoms with E-state index in [0.717, 1.165) is 6.21 Å². The van der Waals surface area contributed by atoms with Crippen LogP contribution < -0.4 is 27.8 Å². The van der Waals surface area contributed by atoms with Crippen LogP contribution in [0.25, 0.3) is 0 Å². The number of amides is 2. The third-order valence-corrected chi connectivity index (χ3v) is 4.01. The van der Waals surface area contributed by atoms with Crippen molar-refractivity contribution >= 4 is 30.0 Å². The lowest BCUT2D eigenvalue weighted by atomic mass is 9.90. The lowest BCUT2D eigenvalue weighted by molar-refractivity contribution is -0.157. The van der Waals surface area contributed by atoms with Crippen LogP contribution in [0, 0.1) is 0 Å². The number of nitrogens with two attached hydrogens (primary N) is 3. The van der Waals surface area contributed by atoms with Gasteiger partial charge in [0.05, 0.1) is 0 Å². The van der Waals surface area contributed by atoms with Gasteiger partial charge in [-0.05, 0) is 41.5 Å². The van der Waals surface area contributed by atoms with Crippen molar-refractivity contribution < 1.29 is 28.7 Å². The van der Waals surface area contributed by atoms with Crippen LogP contribution in [0.4, 0.5) is 0 Å². The molecule has 0 aliphatic carbocycles. The van der Waals surface area contributed by atoms with Gasteiger partial charge in [-0.25, -0.2) is 0 Å². The van der Waals surface area contributed by atoms with E-state index < -0.39 is 52.6 Å². The van der Waals surface area contributed by atoms with Gasteiger partial charge in [-0.15, -0.1) is 0 Å². The molecule has 0 fully saturated rings. The van der Waals surface area contributed by atoms with Crippen LogP contribution in [0.5, 0.6) is 0 Å². The Morgan fingerprint density at radius 2 is 1.53 bits per heavy atom. The van der Waals surface area contributed by atoms with Gasteiger partial charge < -0.3 is 37.3 Å². The van der Waals surface area contributed by atoms with Crippen molar-refractivity contribution in [3.05, 3.63) is 11.9 Å². The molecule has 0 saturated heterocycles. The second-order valence-corrected chi connectivity index (χ2v) is 9.46. The monoisotopic (exact) mass is 454 g/mol. The molecular formula is C20H34N6O6. The molecule has 0 aromatic rings. The Kier molecular flexibility index (Phi) is 8.52.